The number of nitrogens with one attached hydrogen (secondary N) is 1. The van der Waals surface area contributed by atoms with Crippen LogP contribution >= 0.6 is 0 Å². The number of carbonyl (C=O) groups is 1. The molecule has 1 atom stereocenters. The number of nitrogens with zero attached hydrogens (tertiary/aromatic N) is 3. The highest BCUT2D eigenvalue weighted by molar-refractivity contribution is 5.68. The Kier molecular flexibility index (Phi) is 4.93. The van der Waals surface area contributed by atoms with Gasteiger partial charge in [0.15, 0.2) is 0 Å². The van der Waals surface area contributed by atoms with Crippen LogP contribution in [0.5, 0.6) is 0 Å². The van der Waals surface area contributed by atoms with Gasteiger partial charge in [-0.15, -0.1) is 5.10 Å². The number of anilines is 1. The van der Waals surface area contributed by atoms with Crippen molar-refractivity contribution in [2.75, 3.05) is 5.32 Å². The monoisotopic (exact) mass is 298 g/mol. The van der Waals surface area contributed by atoms with Gasteiger partial charge < -0.3 is 10.4 Å². The van der Waals surface area contributed by atoms with Gasteiger partial charge in [-0.25, -0.2) is 9.48 Å². The van der Waals surface area contributed by atoms with E-state index in [2.05, 4.69) is 10.4 Å². The maximum Gasteiger partial charge on any atom is 0.346 e. The van der Waals surface area contributed by atoms with Crippen molar-refractivity contribution in [3.05, 3.63) is 20.8 Å². The third kappa shape index (κ3) is 4.73. The highest BCUT2D eigenvalue weighted by Gasteiger charge is 2.23. The Morgan fingerprint density at radius 2 is 1.90 bits per heavy atom. The topological polar surface area (TPSA) is 106 Å². The summed E-state index contributed by atoms with van der Waals surface area (Å²) >= 11 is 0. The quantitative estimate of drug-likeness (QED) is 0.802. The molecule has 21 heavy (non-hydrogen) atoms. The molecule has 0 saturated heterocycles. The number of hydrogen-bond donors (Lipinski definition) is 2. The molecule has 1 aromatic heterocycles. The molecule has 118 valence electrons. The van der Waals surface area contributed by atoms with Crippen LogP contribution in [0, 0.1) is 5.41 Å². The van der Waals surface area contributed by atoms with Crippen molar-refractivity contribution in [3.63, 3.8) is 0 Å². The zero-order chi connectivity index (χ0) is 16.4. The Hall–Kier alpha value is -2.12. The Morgan fingerprint density at radius 1 is 1.33 bits per heavy atom. The van der Waals surface area contributed by atoms with Crippen LogP contribution in [-0.4, -0.2) is 31.5 Å². The molecule has 8 nitrogen and oxygen atoms in total. The van der Waals surface area contributed by atoms with Crippen LogP contribution in [-0.2, 0) is 18.9 Å². The summed E-state index contributed by atoms with van der Waals surface area (Å²) in [6.45, 7) is 5.95. The van der Waals surface area contributed by atoms with E-state index in [4.69, 9.17) is 5.11 Å². The lowest BCUT2D eigenvalue weighted by Crippen LogP contribution is -2.41. The number of hydrogen-bond acceptors (Lipinski definition) is 5. The lowest BCUT2D eigenvalue weighted by Gasteiger charge is -2.26. The van der Waals surface area contributed by atoms with Crippen LogP contribution in [0.25, 0.3) is 0 Å². The molecule has 0 aliphatic carbocycles. The van der Waals surface area contributed by atoms with Crippen molar-refractivity contribution >= 4 is 11.8 Å². The fourth-order valence-corrected chi connectivity index (χ4v) is 2.11. The number of aromatic nitrogens is 3. The van der Waals surface area contributed by atoms with Gasteiger partial charge in [-0.3, -0.25) is 14.2 Å². The molecule has 0 amide bonds. The summed E-state index contributed by atoms with van der Waals surface area (Å²) in [4.78, 5) is 34.5. The zero-order valence-electron chi connectivity index (χ0n) is 13.0. The second-order valence-corrected chi connectivity index (χ2v) is 6.32. The van der Waals surface area contributed by atoms with Gasteiger partial charge in [0.2, 0.25) is 5.82 Å². The molecular formula is C13H22N4O4. The maximum atomic E-state index is 12.0. The molecule has 0 aliphatic rings. The molecule has 0 radical (unpaired) electrons. The Bertz CT molecular complexity index is 639. The Labute approximate surface area is 122 Å². The van der Waals surface area contributed by atoms with Crippen LogP contribution in [0.15, 0.2) is 9.59 Å². The standard InChI is InChI=1S/C13H22N4O4/c1-13(2,3)7-8(6-9(18)19)14-10-11(20)16(4)12(21)17(5)15-10/h8H,6-7H2,1-5H3,(H,14,15)(H,18,19). The minimum Gasteiger partial charge on any atom is -0.481 e. The molecule has 0 spiro atoms. The third-order valence-electron chi connectivity index (χ3n) is 2.94. The molecule has 2 N–H and O–H groups in total. The molecule has 0 aromatic carbocycles. The van der Waals surface area contributed by atoms with Crippen molar-refractivity contribution in [1.82, 2.24) is 14.3 Å². The number of carboxylic acids is 1. The minimum absolute atomic E-state index is 0.0184. The molecule has 0 saturated carbocycles. The van der Waals surface area contributed by atoms with Gasteiger partial charge in [0.25, 0.3) is 5.56 Å². The van der Waals surface area contributed by atoms with E-state index in [-0.39, 0.29) is 17.7 Å². The van der Waals surface area contributed by atoms with Crippen LogP contribution < -0.4 is 16.6 Å². The lowest BCUT2D eigenvalue weighted by atomic mass is 9.87. The van der Waals surface area contributed by atoms with Gasteiger partial charge in [-0.05, 0) is 11.8 Å². The molecule has 0 aliphatic heterocycles. The molecule has 1 aromatic rings. The Balaban J connectivity index is 3.12. The smallest absolute Gasteiger partial charge is 0.346 e. The summed E-state index contributed by atoms with van der Waals surface area (Å²) in [6.07, 6.45) is 0.415. The largest absolute Gasteiger partial charge is 0.481 e. The van der Waals surface area contributed by atoms with E-state index in [1.807, 2.05) is 20.8 Å². The summed E-state index contributed by atoms with van der Waals surface area (Å²) < 4.78 is 1.98. The number of carboxylic acid groups (broad SMARTS) is 1. The third-order valence-corrected chi connectivity index (χ3v) is 2.94. The van der Waals surface area contributed by atoms with E-state index in [0.717, 1.165) is 9.25 Å². The van der Waals surface area contributed by atoms with E-state index in [1.54, 1.807) is 0 Å². The van der Waals surface area contributed by atoms with E-state index in [1.165, 1.54) is 14.1 Å². The normalized spacial score (nSPS) is 13.0. The SMILES string of the molecule is Cn1nc(NC(CC(=O)O)CC(C)(C)C)c(=O)n(C)c1=O. The number of aliphatic carboxylic acids is 1. The first kappa shape index (κ1) is 16.9. The van der Waals surface area contributed by atoms with E-state index < -0.39 is 23.3 Å². The van der Waals surface area contributed by atoms with Crippen LogP contribution in [0.1, 0.15) is 33.6 Å². The number of aryl methyl sites for hydroxylation is 1. The summed E-state index contributed by atoms with van der Waals surface area (Å²) in [5.41, 5.74) is -1.21. The molecule has 8 heteroatoms. The van der Waals surface area contributed by atoms with Crippen molar-refractivity contribution in [3.8, 4) is 0 Å². The predicted octanol–water partition coefficient (Wildman–Crippen LogP) is 0.170. The first-order valence-electron chi connectivity index (χ1n) is 6.64. The average molecular weight is 298 g/mol. The van der Waals surface area contributed by atoms with Gasteiger partial charge in [-0.1, -0.05) is 20.8 Å². The van der Waals surface area contributed by atoms with Crippen LogP contribution in [0.4, 0.5) is 5.82 Å². The van der Waals surface area contributed by atoms with Crippen LogP contribution in [0.2, 0.25) is 0 Å². The van der Waals surface area contributed by atoms with Crippen molar-refractivity contribution < 1.29 is 9.90 Å². The lowest BCUT2D eigenvalue weighted by molar-refractivity contribution is -0.137. The molecule has 0 fully saturated rings. The molecule has 1 heterocycles. The van der Waals surface area contributed by atoms with Crippen LogP contribution in [0.3, 0.4) is 0 Å². The second kappa shape index (κ2) is 6.11. The van der Waals surface area contributed by atoms with Crippen molar-refractivity contribution in [2.24, 2.45) is 19.5 Å². The maximum absolute atomic E-state index is 12.0. The van der Waals surface area contributed by atoms with E-state index >= 15 is 0 Å². The predicted molar refractivity (Wildman–Crippen MR) is 78.5 cm³/mol. The van der Waals surface area contributed by atoms with Crippen molar-refractivity contribution in [1.29, 1.82) is 0 Å². The average Bonchev–Trinajstić information content (AvgIpc) is 2.30. The summed E-state index contributed by atoms with van der Waals surface area (Å²) in [7, 11) is 2.79. The van der Waals surface area contributed by atoms with Gasteiger partial charge in [0, 0.05) is 20.1 Å². The number of rotatable bonds is 5. The molecule has 1 rings (SSSR count). The fraction of sp³-hybridized carbons (Fsp3) is 0.692. The van der Waals surface area contributed by atoms with Crippen molar-refractivity contribution in [2.45, 2.75) is 39.7 Å². The highest BCUT2D eigenvalue weighted by atomic mass is 16.4. The minimum atomic E-state index is -0.960. The van der Waals surface area contributed by atoms with Gasteiger partial charge in [-0.2, -0.15) is 0 Å². The first-order chi connectivity index (χ1) is 9.51. The second-order valence-electron chi connectivity index (χ2n) is 6.32. The molecular weight excluding hydrogens is 276 g/mol. The Morgan fingerprint density at radius 3 is 2.38 bits per heavy atom. The summed E-state index contributed by atoms with van der Waals surface area (Å²) in [6, 6.07) is -0.444. The highest BCUT2D eigenvalue weighted by Crippen LogP contribution is 2.23. The molecule has 0 bridgehead atoms. The van der Waals surface area contributed by atoms with E-state index in [0.29, 0.717) is 6.42 Å². The summed E-state index contributed by atoms with van der Waals surface area (Å²) in [5, 5.41) is 15.7. The molecule has 1 unspecified atom stereocenters. The van der Waals surface area contributed by atoms with E-state index in [9.17, 15) is 14.4 Å². The summed E-state index contributed by atoms with van der Waals surface area (Å²) in [5.74, 6) is -0.978. The van der Waals surface area contributed by atoms with Gasteiger partial charge >= 0.3 is 11.7 Å². The fourth-order valence-electron chi connectivity index (χ4n) is 2.11. The van der Waals surface area contributed by atoms with Gasteiger partial charge in [0.1, 0.15) is 0 Å². The zero-order valence-corrected chi connectivity index (χ0v) is 13.0. The van der Waals surface area contributed by atoms with Gasteiger partial charge in [0.05, 0.1) is 6.42 Å². The first-order valence-corrected chi connectivity index (χ1v) is 6.64.